The van der Waals surface area contributed by atoms with Gasteiger partial charge in [0, 0.05) is 12.8 Å². The average Bonchev–Trinajstić information content (AvgIpc) is 3.42. The number of carbonyl (C=O) groups excluding carboxylic acids is 2. The fourth-order valence-electron chi connectivity index (χ4n) is 10.4. The Morgan fingerprint density at radius 2 is 0.697 bits per heavy atom. The van der Waals surface area contributed by atoms with Crippen LogP contribution in [-0.4, -0.2) is 47.4 Å². The molecular weight excluding hydrogens is 935 g/mol. The summed E-state index contributed by atoms with van der Waals surface area (Å²) in [5.41, 5.74) is 0. The van der Waals surface area contributed by atoms with E-state index < -0.39 is 12.1 Å². The van der Waals surface area contributed by atoms with Crippen molar-refractivity contribution in [1.29, 1.82) is 0 Å². The maximum absolute atomic E-state index is 12.5. The number of aliphatic hydroxyl groups is 2. The number of rotatable bonds is 63. The number of aliphatic hydroxyl groups excluding tert-OH is 2. The molecule has 0 saturated heterocycles. The van der Waals surface area contributed by atoms with Crippen LogP contribution in [0.2, 0.25) is 0 Å². The van der Waals surface area contributed by atoms with E-state index in [1.54, 1.807) is 0 Å². The number of nitrogens with one attached hydrogen (secondary N) is 1. The van der Waals surface area contributed by atoms with Gasteiger partial charge in [-0.25, -0.2) is 0 Å². The molecule has 2 unspecified atom stereocenters. The SMILES string of the molecule is CCCCC/C=C\C/C=C\CCCCCCCCCCCC(=O)OCCCCC/C=C\C=C/CCCCCCCCC(=O)NC(CO)C(O)CCCCCCCCCCCCCCCCCCCCCCCCCCC. The highest BCUT2D eigenvalue weighted by molar-refractivity contribution is 5.76. The molecule has 2 atom stereocenters. The van der Waals surface area contributed by atoms with E-state index in [0.717, 1.165) is 83.5 Å². The summed E-state index contributed by atoms with van der Waals surface area (Å²) in [4.78, 5) is 24.6. The molecule has 0 bridgehead atoms. The van der Waals surface area contributed by atoms with Crippen LogP contribution in [0.15, 0.2) is 48.6 Å². The van der Waals surface area contributed by atoms with Gasteiger partial charge in [0.1, 0.15) is 0 Å². The topological polar surface area (TPSA) is 95.9 Å². The number of carbonyl (C=O) groups is 2. The van der Waals surface area contributed by atoms with Gasteiger partial charge in [0.25, 0.3) is 0 Å². The van der Waals surface area contributed by atoms with E-state index in [1.807, 2.05) is 0 Å². The Hall–Kier alpha value is -2.18. The molecule has 446 valence electrons. The molecule has 6 heteroatoms. The van der Waals surface area contributed by atoms with Crippen molar-refractivity contribution in [2.24, 2.45) is 0 Å². The summed E-state index contributed by atoms with van der Waals surface area (Å²) < 4.78 is 5.47. The zero-order valence-corrected chi connectivity index (χ0v) is 51.0. The Morgan fingerprint density at radius 3 is 1.11 bits per heavy atom. The van der Waals surface area contributed by atoms with Crippen molar-refractivity contribution in [2.75, 3.05) is 13.2 Å². The lowest BCUT2D eigenvalue weighted by Gasteiger charge is -2.22. The fourth-order valence-corrected chi connectivity index (χ4v) is 10.4. The summed E-state index contributed by atoms with van der Waals surface area (Å²) in [7, 11) is 0. The van der Waals surface area contributed by atoms with E-state index in [0.29, 0.717) is 25.9 Å². The number of esters is 1. The molecule has 0 aromatic carbocycles. The largest absolute Gasteiger partial charge is 0.466 e. The number of ether oxygens (including phenoxy) is 1. The van der Waals surface area contributed by atoms with Gasteiger partial charge in [-0.1, -0.05) is 306 Å². The van der Waals surface area contributed by atoms with Crippen LogP contribution in [0.5, 0.6) is 0 Å². The lowest BCUT2D eigenvalue weighted by molar-refractivity contribution is -0.143. The average molecular weight is 1070 g/mol. The van der Waals surface area contributed by atoms with Crippen LogP contribution in [0.3, 0.4) is 0 Å². The predicted molar refractivity (Wildman–Crippen MR) is 333 cm³/mol. The molecule has 0 aliphatic rings. The first-order valence-electron chi connectivity index (χ1n) is 33.9. The molecule has 0 heterocycles. The van der Waals surface area contributed by atoms with E-state index in [1.165, 1.54) is 244 Å². The molecule has 0 saturated carbocycles. The van der Waals surface area contributed by atoms with Gasteiger partial charge in [-0.2, -0.15) is 0 Å². The van der Waals surface area contributed by atoms with Gasteiger partial charge in [0.2, 0.25) is 5.91 Å². The summed E-state index contributed by atoms with van der Waals surface area (Å²) in [6.45, 7) is 4.90. The van der Waals surface area contributed by atoms with Crippen molar-refractivity contribution in [1.82, 2.24) is 5.32 Å². The van der Waals surface area contributed by atoms with E-state index in [4.69, 9.17) is 4.74 Å². The second-order valence-corrected chi connectivity index (χ2v) is 23.2. The highest BCUT2D eigenvalue weighted by Crippen LogP contribution is 2.18. The summed E-state index contributed by atoms with van der Waals surface area (Å²) in [5.74, 6) is -0.0793. The molecule has 6 nitrogen and oxygen atoms in total. The Balaban J connectivity index is 3.49. The van der Waals surface area contributed by atoms with E-state index >= 15 is 0 Å². The van der Waals surface area contributed by atoms with E-state index in [9.17, 15) is 19.8 Å². The molecule has 0 aromatic rings. The van der Waals surface area contributed by atoms with Crippen molar-refractivity contribution in [3.8, 4) is 0 Å². The van der Waals surface area contributed by atoms with Crippen LogP contribution in [0.25, 0.3) is 0 Å². The molecular formula is C70H131NO5. The van der Waals surface area contributed by atoms with Crippen LogP contribution in [0, 0.1) is 0 Å². The number of allylic oxidation sites excluding steroid dienone is 8. The van der Waals surface area contributed by atoms with Gasteiger partial charge in [-0.15, -0.1) is 0 Å². The Kier molecular flexibility index (Phi) is 63.5. The fraction of sp³-hybridized carbons (Fsp3) is 0.857. The molecule has 0 spiro atoms. The van der Waals surface area contributed by atoms with Crippen molar-refractivity contribution < 1.29 is 24.5 Å². The second kappa shape index (κ2) is 65.3. The predicted octanol–water partition coefficient (Wildman–Crippen LogP) is 21.7. The number of hydrogen-bond acceptors (Lipinski definition) is 5. The third-order valence-corrected chi connectivity index (χ3v) is 15.6. The zero-order valence-electron chi connectivity index (χ0n) is 51.0. The first-order chi connectivity index (χ1) is 37.5. The molecule has 0 aliphatic heterocycles. The quantitative estimate of drug-likeness (QED) is 0.0244. The van der Waals surface area contributed by atoms with Crippen molar-refractivity contribution >= 4 is 11.9 Å². The number of unbranched alkanes of at least 4 members (excludes halogenated alkanes) is 45. The summed E-state index contributed by atoms with van der Waals surface area (Å²) in [5, 5.41) is 23.4. The molecule has 0 rings (SSSR count). The summed E-state index contributed by atoms with van der Waals surface area (Å²) in [6.07, 6.45) is 84.2. The Morgan fingerprint density at radius 1 is 0.382 bits per heavy atom. The maximum Gasteiger partial charge on any atom is 0.305 e. The lowest BCUT2D eigenvalue weighted by Crippen LogP contribution is -2.45. The monoisotopic (exact) mass is 1070 g/mol. The van der Waals surface area contributed by atoms with Gasteiger partial charge in [0.15, 0.2) is 0 Å². The van der Waals surface area contributed by atoms with E-state index in [-0.39, 0.29) is 18.5 Å². The third-order valence-electron chi connectivity index (χ3n) is 15.6. The van der Waals surface area contributed by atoms with Gasteiger partial charge in [-0.05, 0) is 89.9 Å². The minimum atomic E-state index is -0.682. The smallest absolute Gasteiger partial charge is 0.305 e. The molecule has 0 aliphatic carbocycles. The molecule has 76 heavy (non-hydrogen) atoms. The molecule has 3 N–H and O–H groups in total. The maximum atomic E-state index is 12.5. The van der Waals surface area contributed by atoms with E-state index in [2.05, 4.69) is 67.8 Å². The minimum Gasteiger partial charge on any atom is -0.466 e. The Bertz CT molecular complexity index is 1270. The van der Waals surface area contributed by atoms with Gasteiger partial charge >= 0.3 is 5.97 Å². The minimum absolute atomic E-state index is 0.0248. The molecule has 0 aromatic heterocycles. The number of hydrogen-bond donors (Lipinski definition) is 3. The molecule has 0 radical (unpaired) electrons. The van der Waals surface area contributed by atoms with Crippen LogP contribution in [-0.2, 0) is 14.3 Å². The van der Waals surface area contributed by atoms with Crippen molar-refractivity contribution in [3.05, 3.63) is 48.6 Å². The first-order valence-corrected chi connectivity index (χ1v) is 33.9. The highest BCUT2D eigenvalue weighted by atomic mass is 16.5. The van der Waals surface area contributed by atoms with Crippen LogP contribution in [0.1, 0.15) is 361 Å². The highest BCUT2D eigenvalue weighted by Gasteiger charge is 2.20. The van der Waals surface area contributed by atoms with Gasteiger partial charge < -0.3 is 20.3 Å². The van der Waals surface area contributed by atoms with Gasteiger partial charge in [-0.3, -0.25) is 9.59 Å². The zero-order chi connectivity index (χ0) is 55.0. The summed E-state index contributed by atoms with van der Waals surface area (Å²) >= 11 is 0. The van der Waals surface area contributed by atoms with Crippen molar-refractivity contribution in [2.45, 2.75) is 373 Å². The second-order valence-electron chi connectivity index (χ2n) is 23.2. The normalized spacial score (nSPS) is 12.8. The standard InChI is InChI=1S/C70H131NO5/c1-3-5-7-9-11-13-15-17-19-21-23-24-25-26-27-28-30-31-34-38-42-46-50-54-58-62-68(73)67(66-72)71-69(74)63-59-55-51-47-43-39-35-33-37-41-45-49-53-57-61-65-76-70(75)64-60-56-52-48-44-40-36-32-29-22-20-18-16-14-12-10-8-6-4-2/h12,14,18,20,33,37,41,45,67-68,72-73H,3-11,13,15-17,19,21-32,34-36,38-40,42-44,46-66H2,1-2H3,(H,71,74)/b14-12-,20-18-,37-33-,45-41-. The molecule has 1 amide bonds. The first kappa shape index (κ1) is 73.8. The summed E-state index contributed by atoms with van der Waals surface area (Å²) in [6, 6.07) is -0.561. The number of amides is 1. The van der Waals surface area contributed by atoms with Crippen LogP contribution < -0.4 is 5.32 Å². The molecule has 0 fully saturated rings. The van der Waals surface area contributed by atoms with Crippen LogP contribution >= 0.6 is 0 Å². The lowest BCUT2D eigenvalue weighted by atomic mass is 10.0. The van der Waals surface area contributed by atoms with Crippen molar-refractivity contribution in [3.63, 3.8) is 0 Å². The van der Waals surface area contributed by atoms with Gasteiger partial charge in [0.05, 0.1) is 25.4 Å². The van der Waals surface area contributed by atoms with Crippen LogP contribution in [0.4, 0.5) is 0 Å². The third kappa shape index (κ3) is 61.0. The Labute approximate surface area is 474 Å².